The highest BCUT2D eigenvalue weighted by Crippen LogP contribution is 2.29. The average molecular weight is 236 g/mol. The van der Waals surface area contributed by atoms with Crippen molar-refractivity contribution in [1.29, 1.82) is 0 Å². The minimum Gasteiger partial charge on any atom is -0.399 e. The number of anilines is 1. The van der Waals surface area contributed by atoms with Gasteiger partial charge in [0.25, 0.3) is 0 Å². The number of aliphatic imine (C=N–C) groups is 1. The molecule has 0 aromatic heterocycles. The molecule has 2 aromatic rings. The van der Waals surface area contributed by atoms with E-state index in [0.717, 1.165) is 11.3 Å². The van der Waals surface area contributed by atoms with E-state index in [1.165, 1.54) is 0 Å². The summed E-state index contributed by atoms with van der Waals surface area (Å²) in [7, 11) is 0. The number of rotatable bonds is 1. The van der Waals surface area contributed by atoms with Crippen LogP contribution in [0, 0.1) is 0 Å². The third kappa shape index (κ3) is 1.80. The summed E-state index contributed by atoms with van der Waals surface area (Å²) < 4.78 is 0. The van der Waals surface area contributed by atoms with Gasteiger partial charge in [0, 0.05) is 11.3 Å². The van der Waals surface area contributed by atoms with Crippen molar-refractivity contribution in [2.45, 2.75) is 6.42 Å². The fourth-order valence-electron chi connectivity index (χ4n) is 2.10. The molecule has 0 unspecified atom stereocenters. The number of carbonyl (C=O) groups excluding carboxylic acids is 1. The number of fused-ring (bicyclic) bond motifs is 1. The van der Waals surface area contributed by atoms with Crippen molar-refractivity contribution in [3.05, 3.63) is 59.7 Å². The Morgan fingerprint density at radius 3 is 2.61 bits per heavy atom. The molecule has 0 bridgehead atoms. The van der Waals surface area contributed by atoms with E-state index in [2.05, 4.69) is 4.99 Å². The van der Waals surface area contributed by atoms with Crippen molar-refractivity contribution >= 4 is 22.9 Å². The molecule has 0 spiro atoms. The van der Waals surface area contributed by atoms with Gasteiger partial charge in [-0.25, -0.2) is 0 Å². The smallest absolute Gasteiger partial charge is 0.171 e. The first-order valence-corrected chi connectivity index (χ1v) is 5.80. The maximum atomic E-state index is 12.1. The summed E-state index contributed by atoms with van der Waals surface area (Å²) in [6.45, 7) is 0. The van der Waals surface area contributed by atoms with E-state index in [9.17, 15) is 4.79 Å². The van der Waals surface area contributed by atoms with Gasteiger partial charge in [0.2, 0.25) is 0 Å². The van der Waals surface area contributed by atoms with Gasteiger partial charge >= 0.3 is 0 Å². The Hall–Kier alpha value is -2.42. The first kappa shape index (κ1) is 10.7. The van der Waals surface area contributed by atoms with Crippen molar-refractivity contribution < 1.29 is 4.79 Å². The Morgan fingerprint density at radius 2 is 1.83 bits per heavy atom. The fourth-order valence-corrected chi connectivity index (χ4v) is 2.10. The molecule has 0 fully saturated rings. The minimum atomic E-state index is 0.0751. The van der Waals surface area contributed by atoms with Gasteiger partial charge in [-0.1, -0.05) is 30.3 Å². The maximum absolute atomic E-state index is 12.1. The molecule has 1 aliphatic rings. The molecule has 0 atom stereocenters. The van der Waals surface area contributed by atoms with E-state index in [4.69, 9.17) is 5.73 Å². The molecule has 0 amide bonds. The molecule has 3 nitrogen and oxygen atoms in total. The quantitative estimate of drug-likeness (QED) is 0.774. The van der Waals surface area contributed by atoms with Crippen LogP contribution in [0.25, 0.3) is 0 Å². The molecule has 3 heteroatoms. The van der Waals surface area contributed by atoms with Crippen LogP contribution in [0.1, 0.15) is 22.3 Å². The van der Waals surface area contributed by atoms with Crippen LogP contribution in [-0.4, -0.2) is 11.5 Å². The fraction of sp³-hybridized carbons (Fsp3) is 0.0667. The molecule has 1 heterocycles. The summed E-state index contributed by atoms with van der Waals surface area (Å²) in [4.78, 5) is 16.6. The predicted molar refractivity (Wildman–Crippen MR) is 72.4 cm³/mol. The second kappa shape index (κ2) is 4.11. The van der Waals surface area contributed by atoms with Crippen LogP contribution < -0.4 is 5.73 Å². The molecule has 88 valence electrons. The van der Waals surface area contributed by atoms with E-state index in [1.54, 1.807) is 18.2 Å². The molecule has 0 aliphatic carbocycles. The molecule has 2 aromatic carbocycles. The summed E-state index contributed by atoms with van der Waals surface area (Å²) in [5, 5.41) is 0. The van der Waals surface area contributed by atoms with Crippen LogP contribution in [-0.2, 0) is 0 Å². The topological polar surface area (TPSA) is 55.5 Å². The molecule has 18 heavy (non-hydrogen) atoms. The summed E-state index contributed by atoms with van der Waals surface area (Å²) in [5.74, 6) is 0.0751. The summed E-state index contributed by atoms with van der Waals surface area (Å²) in [6, 6.07) is 15.0. The van der Waals surface area contributed by atoms with Crippen molar-refractivity contribution in [3.8, 4) is 0 Å². The van der Waals surface area contributed by atoms with Gasteiger partial charge in [-0.2, -0.15) is 0 Å². The van der Waals surface area contributed by atoms with Crippen molar-refractivity contribution in [3.63, 3.8) is 0 Å². The molecular formula is C15H12N2O. The zero-order valence-corrected chi connectivity index (χ0v) is 9.76. The van der Waals surface area contributed by atoms with Gasteiger partial charge in [-0.05, 0) is 23.8 Å². The number of nitrogens with zero attached hydrogens (tertiary/aromatic N) is 1. The zero-order chi connectivity index (χ0) is 12.5. The number of nitrogens with two attached hydrogens (primary N) is 1. The Labute approximate surface area is 105 Å². The van der Waals surface area contributed by atoms with Crippen molar-refractivity contribution in [2.75, 3.05) is 5.73 Å². The van der Waals surface area contributed by atoms with Gasteiger partial charge in [0.05, 0.1) is 17.8 Å². The number of carbonyl (C=O) groups is 1. The lowest BCUT2D eigenvalue weighted by Crippen LogP contribution is -2.14. The van der Waals surface area contributed by atoms with Gasteiger partial charge in [0.15, 0.2) is 5.78 Å². The lowest BCUT2D eigenvalue weighted by atomic mass is 9.96. The number of hydrogen-bond donors (Lipinski definition) is 1. The largest absolute Gasteiger partial charge is 0.399 e. The van der Waals surface area contributed by atoms with Crippen LogP contribution >= 0.6 is 0 Å². The molecule has 0 radical (unpaired) electrons. The Bertz CT molecular complexity index is 645. The monoisotopic (exact) mass is 236 g/mol. The summed E-state index contributed by atoms with van der Waals surface area (Å²) >= 11 is 0. The van der Waals surface area contributed by atoms with E-state index >= 15 is 0 Å². The Kier molecular flexibility index (Phi) is 2.45. The SMILES string of the molecule is Nc1ccc2c(c1)C(=O)CC(c1ccccc1)=N2. The van der Waals surface area contributed by atoms with Gasteiger partial charge < -0.3 is 5.73 Å². The Balaban J connectivity index is 2.11. The molecule has 0 saturated carbocycles. The van der Waals surface area contributed by atoms with Crippen molar-refractivity contribution in [2.24, 2.45) is 4.99 Å². The van der Waals surface area contributed by atoms with E-state index in [-0.39, 0.29) is 5.78 Å². The van der Waals surface area contributed by atoms with Crippen LogP contribution in [0.4, 0.5) is 11.4 Å². The van der Waals surface area contributed by atoms with Crippen LogP contribution in [0.2, 0.25) is 0 Å². The van der Waals surface area contributed by atoms with Gasteiger partial charge in [-0.15, -0.1) is 0 Å². The summed E-state index contributed by atoms with van der Waals surface area (Å²) in [6.07, 6.45) is 0.334. The molecule has 1 aliphatic heterocycles. The van der Waals surface area contributed by atoms with E-state index < -0.39 is 0 Å². The Morgan fingerprint density at radius 1 is 1.06 bits per heavy atom. The first-order valence-electron chi connectivity index (χ1n) is 5.80. The highest BCUT2D eigenvalue weighted by atomic mass is 16.1. The third-order valence-corrected chi connectivity index (χ3v) is 3.01. The normalized spacial score (nSPS) is 14.0. The second-order valence-electron chi connectivity index (χ2n) is 4.30. The molecule has 3 rings (SSSR count). The van der Waals surface area contributed by atoms with Crippen LogP contribution in [0.3, 0.4) is 0 Å². The predicted octanol–water partition coefficient (Wildman–Crippen LogP) is 2.98. The maximum Gasteiger partial charge on any atom is 0.171 e. The highest BCUT2D eigenvalue weighted by Gasteiger charge is 2.20. The average Bonchev–Trinajstić information content (AvgIpc) is 2.40. The first-order chi connectivity index (χ1) is 8.74. The van der Waals surface area contributed by atoms with Crippen LogP contribution in [0.15, 0.2) is 53.5 Å². The molecule has 2 N–H and O–H groups in total. The lowest BCUT2D eigenvalue weighted by Gasteiger charge is -2.15. The van der Waals surface area contributed by atoms with Gasteiger partial charge in [-0.3, -0.25) is 9.79 Å². The van der Waals surface area contributed by atoms with E-state index in [1.807, 2.05) is 30.3 Å². The molecule has 0 saturated heterocycles. The number of benzene rings is 2. The van der Waals surface area contributed by atoms with E-state index in [0.29, 0.717) is 23.4 Å². The number of ketones is 1. The van der Waals surface area contributed by atoms with Gasteiger partial charge in [0.1, 0.15) is 0 Å². The van der Waals surface area contributed by atoms with Crippen LogP contribution in [0.5, 0.6) is 0 Å². The number of nitrogen functional groups attached to an aromatic ring is 1. The zero-order valence-electron chi connectivity index (χ0n) is 9.76. The number of Topliss-reactive ketones (excluding diaryl/α,β-unsaturated/α-hetero) is 1. The summed E-state index contributed by atoms with van der Waals surface area (Å²) in [5.41, 5.74) is 9.43. The number of hydrogen-bond acceptors (Lipinski definition) is 3. The standard InChI is InChI=1S/C15H12N2O/c16-11-6-7-13-12(8-11)15(18)9-14(17-13)10-4-2-1-3-5-10/h1-8H,9,16H2. The highest BCUT2D eigenvalue weighted by molar-refractivity contribution is 6.21. The third-order valence-electron chi connectivity index (χ3n) is 3.01. The minimum absolute atomic E-state index is 0.0751. The molecular weight excluding hydrogens is 224 g/mol. The second-order valence-corrected chi connectivity index (χ2v) is 4.30. The van der Waals surface area contributed by atoms with Crippen molar-refractivity contribution in [1.82, 2.24) is 0 Å². The lowest BCUT2D eigenvalue weighted by molar-refractivity contribution is 0.1000.